The highest BCUT2D eigenvalue weighted by Gasteiger charge is 2.44. The smallest absolute Gasteiger partial charge is 0.163 e. The molecule has 0 spiro atoms. The van der Waals surface area contributed by atoms with Crippen LogP contribution in [0.5, 0.6) is 0 Å². The lowest BCUT2D eigenvalue weighted by Gasteiger charge is -2.36. The van der Waals surface area contributed by atoms with Gasteiger partial charge in [0.05, 0.1) is 19.1 Å². The zero-order valence-corrected chi connectivity index (χ0v) is 23.5. The van der Waals surface area contributed by atoms with Gasteiger partial charge in [0.25, 0.3) is 0 Å². The van der Waals surface area contributed by atoms with Crippen LogP contribution in [0.1, 0.15) is 64.2 Å². The molecule has 1 saturated heterocycles. The summed E-state index contributed by atoms with van der Waals surface area (Å²) in [6.07, 6.45) is 1.30. The lowest BCUT2D eigenvalue weighted by atomic mass is 9.68. The van der Waals surface area contributed by atoms with Crippen molar-refractivity contribution in [3.63, 3.8) is 0 Å². The number of ether oxygens (including phenoxy) is 1. The first-order valence-corrected chi connectivity index (χ1v) is 14.2. The zero-order chi connectivity index (χ0) is 27.2. The molecule has 2 heterocycles. The molecule has 2 aromatic rings. The summed E-state index contributed by atoms with van der Waals surface area (Å²) in [6, 6.07) is 12.3. The Labute approximate surface area is 228 Å². The predicted molar refractivity (Wildman–Crippen MR) is 151 cm³/mol. The zero-order valence-electron chi connectivity index (χ0n) is 22.7. The van der Waals surface area contributed by atoms with Crippen LogP contribution in [0.4, 0.5) is 5.69 Å². The third-order valence-corrected chi connectivity index (χ3v) is 9.01. The van der Waals surface area contributed by atoms with E-state index < -0.39 is 5.92 Å². The van der Waals surface area contributed by atoms with Gasteiger partial charge in [0.1, 0.15) is 11.5 Å². The van der Waals surface area contributed by atoms with Gasteiger partial charge in [0.15, 0.2) is 11.6 Å². The van der Waals surface area contributed by atoms with Crippen molar-refractivity contribution < 1.29 is 24.5 Å². The quantitative estimate of drug-likeness (QED) is 0.441. The van der Waals surface area contributed by atoms with Gasteiger partial charge in [-0.05, 0) is 40.7 Å². The van der Waals surface area contributed by atoms with Crippen molar-refractivity contribution in [2.45, 2.75) is 59.3 Å². The number of ketones is 2. The highest BCUT2D eigenvalue weighted by molar-refractivity contribution is 7.15. The van der Waals surface area contributed by atoms with Crippen molar-refractivity contribution >= 4 is 28.6 Å². The van der Waals surface area contributed by atoms with Gasteiger partial charge in [-0.1, -0.05) is 39.8 Å². The second-order valence-electron chi connectivity index (χ2n) is 12.4. The largest absolute Gasteiger partial charge is 0.512 e. The molecule has 2 N–H and O–H groups in total. The van der Waals surface area contributed by atoms with E-state index >= 15 is 0 Å². The van der Waals surface area contributed by atoms with E-state index in [-0.39, 0.29) is 57.9 Å². The van der Waals surface area contributed by atoms with E-state index in [1.807, 2.05) is 39.8 Å². The van der Waals surface area contributed by atoms with Crippen molar-refractivity contribution in [2.24, 2.45) is 10.8 Å². The molecule has 1 fully saturated rings. The molecule has 0 unspecified atom stereocenters. The number of carbonyl (C=O) groups excluding carboxylic acids is 2. The fourth-order valence-electron chi connectivity index (χ4n) is 6.01. The number of thiophene rings is 1. The normalized spacial score (nSPS) is 22.0. The van der Waals surface area contributed by atoms with Crippen LogP contribution in [0.15, 0.2) is 59.1 Å². The van der Waals surface area contributed by atoms with Crippen molar-refractivity contribution in [1.29, 1.82) is 0 Å². The molecule has 1 aromatic carbocycles. The lowest BCUT2D eigenvalue weighted by molar-refractivity contribution is -0.119. The number of carbonyl (C=O) groups is 2. The van der Waals surface area contributed by atoms with E-state index in [9.17, 15) is 19.8 Å². The molecule has 0 amide bonds. The summed E-state index contributed by atoms with van der Waals surface area (Å²) in [7, 11) is 0. The fourth-order valence-corrected chi connectivity index (χ4v) is 7.14. The standard InChI is InChI=1S/C31H37NO5S/c1-30(2)15-21(33)27(22(34)16-30)29(28-23(35)17-31(3,4)18-24(28)36)26-10-9-25(38-26)19-5-7-20(8-6-19)32-11-13-37-14-12-32/h5-10,29,33,35H,11-18H2,1-4H3. The first kappa shape index (κ1) is 26.7. The number of allylic oxidation sites excluding steroid dienone is 4. The summed E-state index contributed by atoms with van der Waals surface area (Å²) >= 11 is 1.50. The molecule has 0 saturated carbocycles. The average Bonchev–Trinajstić information content (AvgIpc) is 3.31. The highest BCUT2D eigenvalue weighted by atomic mass is 32.1. The number of anilines is 1. The Hall–Kier alpha value is -2.90. The summed E-state index contributed by atoms with van der Waals surface area (Å²) in [6.45, 7) is 11.0. The topological polar surface area (TPSA) is 87.1 Å². The molecule has 7 heteroatoms. The number of morpholine rings is 1. The van der Waals surface area contributed by atoms with Gasteiger partial charge >= 0.3 is 0 Å². The second-order valence-corrected chi connectivity index (χ2v) is 13.5. The van der Waals surface area contributed by atoms with Crippen molar-refractivity contribution in [3.05, 3.63) is 63.9 Å². The van der Waals surface area contributed by atoms with E-state index in [1.54, 1.807) is 0 Å². The van der Waals surface area contributed by atoms with Crippen LogP contribution in [0.25, 0.3) is 10.4 Å². The fraction of sp³-hybridized carbons (Fsp3) is 0.484. The molecule has 38 heavy (non-hydrogen) atoms. The maximum absolute atomic E-state index is 13.4. The molecule has 1 aromatic heterocycles. The van der Waals surface area contributed by atoms with Crippen molar-refractivity contribution in [3.8, 4) is 10.4 Å². The minimum Gasteiger partial charge on any atom is -0.512 e. The number of aliphatic hydroxyl groups is 2. The lowest BCUT2D eigenvalue weighted by Crippen LogP contribution is -2.36. The number of hydrogen-bond donors (Lipinski definition) is 2. The van der Waals surface area contributed by atoms with Crippen molar-refractivity contribution in [1.82, 2.24) is 0 Å². The van der Waals surface area contributed by atoms with Gasteiger partial charge in [-0.3, -0.25) is 9.59 Å². The van der Waals surface area contributed by atoms with Gasteiger partial charge < -0.3 is 19.8 Å². The van der Waals surface area contributed by atoms with E-state index in [0.29, 0.717) is 12.8 Å². The van der Waals surface area contributed by atoms with E-state index in [2.05, 4.69) is 29.2 Å². The Balaban J connectivity index is 1.54. The number of hydrogen-bond acceptors (Lipinski definition) is 7. The van der Waals surface area contributed by atoms with Crippen LogP contribution in [-0.4, -0.2) is 48.1 Å². The molecule has 2 aliphatic carbocycles. The van der Waals surface area contributed by atoms with Crippen LogP contribution in [0.2, 0.25) is 0 Å². The van der Waals surface area contributed by atoms with Crippen LogP contribution in [0.3, 0.4) is 0 Å². The number of aliphatic hydroxyl groups excluding tert-OH is 2. The SMILES string of the molecule is CC1(C)CC(=O)C(C(C2=C(O)CC(C)(C)CC2=O)c2ccc(-c3ccc(N4CCOCC4)cc3)s2)=C(O)C1. The maximum atomic E-state index is 13.4. The summed E-state index contributed by atoms with van der Waals surface area (Å²) in [4.78, 5) is 31.0. The number of nitrogens with zero attached hydrogens (tertiary/aromatic N) is 1. The molecule has 3 aliphatic rings. The minimum absolute atomic E-state index is 0.0268. The van der Waals surface area contributed by atoms with Crippen LogP contribution >= 0.6 is 11.3 Å². The molecule has 202 valence electrons. The van der Waals surface area contributed by atoms with Crippen LogP contribution < -0.4 is 4.90 Å². The molecule has 0 atom stereocenters. The first-order chi connectivity index (χ1) is 17.9. The molecule has 0 radical (unpaired) electrons. The van der Waals surface area contributed by atoms with Gasteiger partial charge in [-0.2, -0.15) is 0 Å². The molecule has 0 bridgehead atoms. The molecule has 1 aliphatic heterocycles. The first-order valence-electron chi connectivity index (χ1n) is 13.4. The average molecular weight is 536 g/mol. The highest BCUT2D eigenvalue weighted by Crippen LogP contribution is 2.49. The summed E-state index contributed by atoms with van der Waals surface area (Å²) < 4.78 is 5.46. The Kier molecular flexibility index (Phi) is 7.03. The van der Waals surface area contributed by atoms with E-state index in [0.717, 1.165) is 47.3 Å². The molecular weight excluding hydrogens is 498 g/mol. The van der Waals surface area contributed by atoms with Crippen LogP contribution in [0, 0.1) is 10.8 Å². The monoisotopic (exact) mass is 535 g/mol. The van der Waals surface area contributed by atoms with Gasteiger partial charge in [-0.25, -0.2) is 0 Å². The third-order valence-electron chi connectivity index (χ3n) is 7.81. The number of benzene rings is 1. The molecule has 6 nitrogen and oxygen atoms in total. The minimum atomic E-state index is -0.770. The molecular formula is C31H37NO5S. The Morgan fingerprint density at radius 3 is 1.82 bits per heavy atom. The Bertz CT molecular complexity index is 1260. The Morgan fingerprint density at radius 2 is 1.32 bits per heavy atom. The van der Waals surface area contributed by atoms with Gasteiger partial charge in [0.2, 0.25) is 0 Å². The summed E-state index contributed by atoms with van der Waals surface area (Å²) in [5.74, 6) is -1.04. The maximum Gasteiger partial charge on any atom is 0.163 e. The predicted octanol–water partition coefficient (Wildman–Crippen LogP) is 6.74. The van der Waals surface area contributed by atoms with Crippen LogP contribution in [-0.2, 0) is 14.3 Å². The second kappa shape index (κ2) is 10.0. The number of Topliss-reactive ketones (excluding diaryl/α,β-unsaturated/α-hetero) is 2. The number of rotatable bonds is 5. The van der Waals surface area contributed by atoms with E-state index in [1.165, 1.54) is 11.3 Å². The third kappa shape index (κ3) is 5.32. The summed E-state index contributed by atoms with van der Waals surface area (Å²) in [5, 5.41) is 22.3. The summed E-state index contributed by atoms with van der Waals surface area (Å²) in [5.41, 5.74) is 2.01. The van der Waals surface area contributed by atoms with Crippen molar-refractivity contribution in [2.75, 3.05) is 31.2 Å². The Morgan fingerprint density at radius 1 is 0.789 bits per heavy atom. The van der Waals surface area contributed by atoms with E-state index in [4.69, 9.17) is 4.74 Å². The van der Waals surface area contributed by atoms with Gasteiger partial charge in [0, 0.05) is 65.4 Å². The van der Waals surface area contributed by atoms with Gasteiger partial charge in [-0.15, -0.1) is 11.3 Å². The molecule has 5 rings (SSSR count).